The summed E-state index contributed by atoms with van der Waals surface area (Å²) in [6, 6.07) is -0.00373. The van der Waals surface area contributed by atoms with Gasteiger partial charge in [0, 0.05) is 18.3 Å². The Bertz CT molecular complexity index is 429. The maximum Gasteiger partial charge on any atom is 0.255 e. The molecule has 0 aliphatic rings. The van der Waals surface area contributed by atoms with Crippen molar-refractivity contribution < 1.29 is 5.11 Å². The third-order valence-corrected chi connectivity index (χ3v) is 2.98. The molecular formula is C13H23N3O2. The van der Waals surface area contributed by atoms with Crippen molar-refractivity contribution in [3.05, 3.63) is 27.4 Å². The van der Waals surface area contributed by atoms with Crippen LogP contribution in [0.4, 0.5) is 0 Å². The molecule has 1 aromatic rings. The average molecular weight is 253 g/mol. The van der Waals surface area contributed by atoms with Gasteiger partial charge < -0.3 is 15.4 Å². The number of aliphatic hydroxyl groups is 1. The van der Waals surface area contributed by atoms with E-state index < -0.39 is 0 Å². The van der Waals surface area contributed by atoms with E-state index in [0.29, 0.717) is 11.4 Å². The maximum absolute atomic E-state index is 11.9. The number of aliphatic hydroxyl groups excluding tert-OH is 1. The first-order valence-corrected chi connectivity index (χ1v) is 6.48. The van der Waals surface area contributed by atoms with E-state index in [-0.39, 0.29) is 18.2 Å². The van der Waals surface area contributed by atoms with E-state index in [1.54, 1.807) is 6.92 Å². The van der Waals surface area contributed by atoms with Crippen molar-refractivity contribution in [1.29, 1.82) is 0 Å². The highest BCUT2D eigenvalue weighted by molar-refractivity contribution is 5.19. The van der Waals surface area contributed by atoms with E-state index in [0.717, 1.165) is 31.5 Å². The van der Waals surface area contributed by atoms with Crippen molar-refractivity contribution >= 4 is 0 Å². The van der Waals surface area contributed by atoms with Crippen molar-refractivity contribution in [2.75, 3.05) is 13.2 Å². The number of nitrogens with zero attached hydrogens (tertiary/aromatic N) is 1. The van der Waals surface area contributed by atoms with Crippen LogP contribution in [0.3, 0.4) is 0 Å². The third kappa shape index (κ3) is 4.23. The molecule has 0 bridgehead atoms. The molecule has 0 amide bonds. The Labute approximate surface area is 108 Å². The first-order chi connectivity index (χ1) is 8.56. The number of hydrogen-bond donors (Lipinski definition) is 3. The Hall–Kier alpha value is -1.20. The van der Waals surface area contributed by atoms with E-state index >= 15 is 0 Å². The lowest BCUT2D eigenvalue weighted by molar-refractivity contribution is 0.282. The lowest BCUT2D eigenvalue weighted by Crippen LogP contribution is -2.28. The van der Waals surface area contributed by atoms with Crippen LogP contribution < -0.4 is 10.9 Å². The van der Waals surface area contributed by atoms with E-state index in [4.69, 9.17) is 5.11 Å². The molecule has 0 saturated carbocycles. The summed E-state index contributed by atoms with van der Waals surface area (Å²) in [5.41, 5.74) is 1.43. The highest BCUT2D eigenvalue weighted by atomic mass is 16.2. The zero-order valence-electron chi connectivity index (χ0n) is 11.4. The molecule has 0 fully saturated rings. The Morgan fingerprint density at radius 3 is 2.67 bits per heavy atom. The van der Waals surface area contributed by atoms with E-state index in [1.807, 2.05) is 13.8 Å². The van der Waals surface area contributed by atoms with Crippen molar-refractivity contribution in [1.82, 2.24) is 15.3 Å². The van der Waals surface area contributed by atoms with Crippen LogP contribution in [0.15, 0.2) is 4.79 Å². The van der Waals surface area contributed by atoms with Crippen LogP contribution in [0.25, 0.3) is 0 Å². The molecular weight excluding hydrogens is 230 g/mol. The monoisotopic (exact) mass is 253 g/mol. The summed E-state index contributed by atoms with van der Waals surface area (Å²) in [4.78, 5) is 18.9. The lowest BCUT2D eigenvalue weighted by atomic mass is 10.1. The smallest absolute Gasteiger partial charge is 0.255 e. The number of aryl methyl sites for hydroxylation is 2. The van der Waals surface area contributed by atoms with Crippen molar-refractivity contribution in [2.45, 2.75) is 46.1 Å². The second-order valence-electron chi connectivity index (χ2n) is 4.61. The third-order valence-electron chi connectivity index (χ3n) is 2.98. The second kappa shape index (κ2) is 7.28. The summed E-state index contributed by atoms with van der Waals surface area (Å²) in [7, 11) is 0. The number of rotatable bonds is 7. The SMILES string of the molecule is Cc1nc(C)c(C(C)NCCCCCO)c(=O)[nH]1. The average Bonchev–Trinajstić information content (AvgIpc) is 2.27. The van der Waals surface area contributed by atoms with Gasteiger partial charge in [-0.3, -0.25) is 4.79 Å². The molecule has 0 aliphatic heterocycles. The minimum absolute atomic E-state index is 0.00373. The van der Waals surface area contributed by atoms with Crippen LogP contribution in [0, 0.1) is 13.8 Å². The fraction of sp³-hybridized carbons (Fsp3) is 0.692. The second-order valence-corrected chi connectivity index (χ2v) is 4.61. The van der Waals surface area contributed by atoms with Gasteiger partial charge in [0.25, 0.3) is 5.56 Å². The lowest BCUT2D eigenvalue weighted by Gasteiger charge is -2.15. The van der Waals surface area contributed by atoms with Crippen LogP contribution >= 0.6 is 0 Å². The Morgan fingerprint density at radius 1 is 1.33 bits per heavy atom. The molecule has 0 saturated heterocycles. The van der Waals surface area contributed by atoms with Gasteiger partial charge in [0.1, 0.15) is 5.82 Å². The van der Waals surface area contributed by atoms with Gasteiger partial charge >= 0.3 is 0 Å². The van der Waals surface area contributed by atoms with Crippen molar-refractivity contribution in [3.63, 3.8) is 0 Å². The van der Waals surface area contributed by atoms with E-state index in [1.165, 1.54) is 0 Å². The molecule has 102 valence electrons. The highest BCUT2D eigenvalue weighted by Crippen LogP contribution is 2.10. The standard InChI is InChI=1S/C13H23N3O2/c1-9(14-7-5-4-6-8-17)12-10(2)15-11(3)16-13(12)18/h9,14,17H,4-8H2,1-3H3,(H,15,16,18). The fourth-order valence-electron chi connectivity index (χ4n) is 2.08. The van der Waals surface area contributed by atoms with Gasteiger partial charge in [-0.1, -0.05) is 0 Å². The van der Waals surface area contributed by atoms with Crippen molar-refractivity contribution in [2.24, 2.45) is 0 Å². The maximum atomic E-state index is 11.9. The van der Waals surface area contributed by atoms with Crippen LogP contribution in [-0.2, 0) is 0 Å². The summed E-state index contributed by atoms with van der Waals surface area (Å²) >= 11 is 0. The Morgan fingerprint density at radius 2 is 2.06 bits per heavy atom. The molecule has 3 N–H and O–H groups in total. The number of unbranched alkanes of at least 4 members (excludes halogenated alkanes) is 2. The Kier molecular flexibility index (Phi) is 6.01. The van der Waals surface area contributed by atoms with Gasteiger partial charge in [0.05, 0.1) is 5.56 Å². The summed E-state index contributed by atoms with van der Waals surface area (Å²) in [5.74, 6) is 0.649. The Balaban J connectivity index is 2.56. The molecule has 5 heteroatoms. The molecule has 1 aromatic heterocycles. The molecule has 18 heavy (non-hydrogen) atoms. The summed E-state index contributed by atoms with van der Waals surface area (Å²) in [6.07, 6.45) is 2.83. The van der Waals surface area contributed by atoms with E-state index in [2.05, 4.69) is 15.3 Å². The predicted molar refractivity (Wildman–Crippen MR) is 71.7 cm³/mol. The largest absolute Gasteiger partial charge is 0.396 e. The molecule has 1 atom stereocenters. The molecule has 1 rings (SSSR count). The minimum Gasteiger partial charge on any atom is -0.396 e. The number of hydrogen-bond acceptors (Lipinski definition) is 4. The van der Waals surface area contributed by atoms with E-state index in [9.17, 15) is 4.79 Å². The molecule has 0 aliphatic carbocycles. The number of aromatic amines is 1. The van der Waals surface area contributed by atoms with Gasteiger partial charge in [0.15, 0.2) is 0 Å². The quantitative estimate of drug-likeness (QED) is 0.638. The van der Waals surface area contributed by atoms with Gasteiger partial charge in [-0.15, -0.1) is 0 Å². The highest BCUT2D eigenvalue weighted by Gasteiger charge is 2.13. The number of nitrogens with one attached hydrogen (secondary N) is 2. The van der Waals surface area contributed by atoms with Gasteiger partial charge in [-0.25, -0.2) is 4.98 Å². The fourth-order valence-corrected chi connectivity index (χ4v) is 2.08. The van der Waals surface area contributed by atoms with Gasteiger partial charge in [-0.2, -0.15) is 0 Å². The summed E-state index contributed by atoms with van der Waals surface area (Å²) in [5, 5.41) is 12.0. The van der Waals surface area contributed by atoms with Gasteiger partial charge in [0.2, 0.25) is 0 Å². The van der Waals surface area contributed by atoms with Crippen LogP contribution in [0.5, 0.6) is 0 Å². The van der Waals surface area contributed by atoms with Crippen LogP contribution in [0.2, 0.25) is 0 Å². The van der Waals surface area contributed by atoms with Crippen LogP contribution in [0.1, 0.15) is 49.3 Å². The number of aromatic nitrogens is 2. The van der Waals surface area contributed by atoms with Crippen molar-refractivity contribution in [3.8, 4) is 0 Å². The molecule has 1 unspecified atom stereocenters. The molecule has 1 heterocycles. The molecule has 0 spiro atoms. The summed E-state index contributed by atoms with van der Waals surface area (Å²) in [6.45, 7) is 6.71. The number of H-pyrrole nitrogens is 1. The van der Waals surface area contributed by atoms with Crippen LogP contribution in [-0.4, -0.2) is 28.2 Å². The zero-order valence-corrected chi connectivity index (χ0v) is 11.4. The molecule has 5 nitrogen and oxygen atoms in total. The molecule has 0 aromatic carbocycles. The minimum atomic E-state index is -0.0599. The topological polar surface area (TPSA) is 78.0 Å². The summed E-state index contributed by atoms with van der Waals surface area (Å²) < 4.78 is 0. The van der Waals surface area contributed by atoms with Gasteiger partial charge in [-0.05, 0) is 46.6 Å². The predicted octanol–water partition coefficient (Wildman–Crippen LogP) is 1.20. The first-order valence-electron chi connectivity index (χ1n) is 6.48. The molecule has 0 radical (unpaired) electrons. The zero-order chi connectivity index (χ0) is 13.5. The normalized spacial score (nSPS) is 12.7. The first kappa shape index (κ1) is 14.9.